The molecule has 5 nitrogen and oxygen atoms in total. The van der Waals surface area contributed by atoms with Gasteiger partial charge in [0.1, 0.15) is 17.0 Å². The highest BCUT2D eigenvalue weighted by atomic mass is 19.1. The summed E-state index contributed by atoms with van der Waals surface area (Å²) in [7, 11) is 1.44. The first-order valence-electron chi connectivity index (χ1n) is 8.34. The van der Waals surface area contributed by atoms with E-state index in [0.29, 0.717) is 31.4 Å². The molecular formula is C18H21F2NO4. The Morgan fingerprint density at radius 1 is 1.40 bits per heavy atom. The zero-order chi connectivity index (χ0) is 18.2. The van der Waals surface area contributed by atoms with Crippen molar-refractivity contribution >= 4 is 11.9 Å². The van der Waals surface area contributed by atoms with Crippen molar-refractivity contribution in [3.63, 3.8) is 0 Å². The summed E-state index contributed by atoms with van der Waals surface area (Å²) < 4.78 is 32.0. The van der Waals surface area contributed by atoms with Gasteiger partial charge in [-0.05, 0) is 36.8 Å². The van der Waals surface area contributed by atoms with Crippen LogP contribution in [0.4, 0.5) is 8.78 Å². The Bertz CT molecular complexity index is 692. The average Bonchev–Trinajstić information content (AvgIpc) is 3.35. The summed E-state index contributed by atoms with van der Waals surface area (Å²) in [5.74, 6) is -3.05. The molecule has 1 N–H and O–H groups in total. The van der Waals surface area contributed by atoms with Crippen LogP contribution in [0.2, 0.25) is 0 Å². The number of likely N-dealkylation sites (tertiary alicyclic amines) is 1. The van der Waals surface area contributed by atoms with Crippen molar-refractivity contribution < 1.29 is 28.2 Å². The first-order valence-corrected chi connectivity index (χ1v) is 8.34. The molecule has 3 atom stereocenters. The van der Waals surface area contributed by atoms with Crippen LogP contribution in [0.5, 0.6) is 0 Å². The van der Waals surface area contributed by atoms with E-state index in [1.54, 1.807) is 4.90 Å². The molecule has 1 aliphatic carbocycles. The number of aliphatic carboxylic acids is 1. The second-order valence-corrected chi connectivity index (χ2v) is 7.00. The number of nitrogens with zero attached hydrogens (tertiary/aromatic N) is 1. The molecule has 1 saturated heterocycles. The van der Waals surface area contributed by atoms with E-state index in [1.165, 1.54) is 19.2 Å². The number of carboxylic acids is 1. The number of halogens is 2. The predicted octanol–water partition coefficient (Wildman–Crippen LogP) is 2.41. The fraction of sp³-hybridized carbons (Fsp3) is 0.556. The Morgan fingerprint density at radius 3 is 2.80 bits per heavy atom. The first kappa shape index (κ1) is 17.8. The molecule has 3 unspecified atom stereocenters. The number of amides is 1. The number of benzene rings is 1. The van der Waals surface area contributed by atoms with E-state index < -0.39 is 23.0 Å². The smallest absolute Gasteiger partial charge is 0.313 e. The van der Waals surface area contributed by atoms with Gasteiger partial charge in [-0.3, -0.25) is 9.59 Å². The van der Waals surface area contributed by atoms with Gasteiger partial charge in [-0.1, -0.05) is 6.07 Å². The molecule has 0 radical (unpaired) electrons. The van der Waals surface area contributed by atoms with Crippen molar-refractivity contribution in [2.24, 2.45) is 11.3 Å². The molecule has 1 amide bonds. The molecule has 0 bridgehead atoms. The molecule has 0 spiro atoms. The van der Waals surface area contributed by atoms with Crippen LogP contribution in [-0.4, -0.2) is 48.7 Å². The molecule has 2 aliphatic rings. The lowest BCUT2D eigenvalue weighted by Crippen LogP contribution is -2.52. The number of methoxy groups -OCH3 is 1. The Labute approximate surface area is 144 Å². The quantitative estimate of drug-likeness (QED) is 0.883. The molecule has 25 heavy (non-hydrogen) atoms. The fourth-order valence-corrected chi connectivity index (χ4v) is 3.80. The number of rotatable bonds is 5. The molecule has 1 aromatic rings. The molecule has 136 valence electrons. The Morgan fingerprint density at radius 2 is 2.16 bits per heavy atom. The second kappa shape index (κ2) is 6.71. The van der Waals surface area contributed by atoms with Crippen LogP contribution < -0.4 is 0 Å². The number of hydrogen-bond acceptors (Lipinski definition) is 3. The van der Waals surface area contributed by atoms with Crippen LogP contribution in [0.15, 0.2) is 18.2 Å². The number of carboxylic acid groups (broad SMARTS) is 1. The molecule has 3 rings (SSSR count). The zero-order valence-electron chi connectivity index (χ0n) is 14.0. The van der Waals surface area contributed by atoms with Crippen molar-refractivity contribution in [2.45, 2.75) is 25.2 Å². The highest BCUT2D eigenvalue weighted by Gasteiger charge is 2.50. The summed E-state index contributed by atoms with van der Waals surface area (Å²) in [6.07, 6.45) is 1.55. The van der Waals surface area contributed by atoms with Crippen LogP contribution in [0.3, 0.4) is 0 Å². The molecule has 1 saturated carbocycles. The first-order chi connectivity index (χ1) is 11.9. The Balaban J connectivity index is 1.70. The van der Waals surface area contributed by atoms with Gasteiger partial charge < -0.3 is 14.7 Å². The highest BCUT2D eigenvalue weighted by Crippen LogP contribution is 2.50. The summed E-state index contributed by atoms with van der Waals surface area (Å²) in [6, 6.07) is 3.39. The van der Waals surface area contributed by atoms with Gasteiger partial charge in [0.2, 0.25) is 5.91 Å². The van der Waals surface area contributed by atoms with Gasteiger partial charge in [0.25, 0.3) is 0 Å². The maximum Gasteiger partial charge on any atom is 0.313 e. The van der Waals surface area contributed by atoms with E-state index in [0.717, 1.165) is 6.07 Å². The summed E-state index contributed by atoms with van der Waals surface area (Å²) >= 11 is 0. The normalized spacial score (nSPS) is 28.7. The lowest BCUT2D eigenvalue weighted by molar-refractivity contribution is -0.159. The van der Waals surface area contributed by atoms with Gasteiger partial charge in [0.05, 0.1) is 6.61 Å². The van der Waals surface area contributed by atoms with Crippen LogP contribution >= 0.6 is 0 Å². The topological polar surface area (TPSA) is 66.8 Å². The minimum atomic E-state index is -1.09. The van der Waals surface area contributed by atoms with Gasteiger partial charge in [0, 0.05) is 32.2 Å². The van der Waals surface area contributed by atoms with Gasteiger partial charge in [-0.2, -0.15) is 0 Å². The molecule has 1 aromatic carbocycles. The second-order valence-electron chi connectivity index (χ2n) is 7.00. The monoisotopic (exact) mass is 353 g/mol. The van der Waals surface area contributed by atoms with Crippen LogP contribution in [-0.2, 0) is 14.3 Å². The Hall–Kier alpha value is -2.02. The van der Waals surface area contributed by atoms with Crippen molar-refractivity contribution in [1.29, 1.82) is 0 Å². The lowest BCUT2D eigenvalue weighted by atomic mass is 9.80. The summed E-state index contributed by atoms with van der Waals surface area (Å²) in [5, 5.41) is 9.56. The van der Waals surface area contributed by atoms with E-state index in [-0.39, 0.29) is 30.9 Å². The largest absolute Gasteiger partial charge is 0.481 e. The average molecular weight is 353 g/mol. The molecule has 2 fully saturated rings. The highest BCUT2D eigenvalue weighted by molar-refractivity contribution is 5.84. The number of carbonyl (C=O) groups excluding carboxylic acids is 1. The van der Waals surface area contributed by atoms with Crippen molar-refractivity contribution in [3.8, 4) is 0 Å². The summed E-state index contributed by atoms with van der Waals surface area (Å²) in [6.45, 7) is 0.642. The van der Waals surface area contributed by atoms with Gasteiger partial charge in [0.15, 0.2) is 0 Å². The van der Waals surface area contributed by atoms with Gasteiger partial charge in [-0.15, -0.1) is 0 Å². The molecule has 1 heterocycles. The van der Waals surface area contributed by atoms with E-state index in [4.69, 9.17) is 4.74 Å². The lowest BCUT2D eigenvalue weighted by Gasteiger charge is -2.39. The standard InChI is InChI=1S/C18H21F2NO4/c1-25-10-18(17(23)24)5-2-6-21(9-18)16(22)14-8-13(14)12-4-3-11(19)7-15(12)20/h3-4,7,13-14H,2,5-6,8-10H2,1H3,(H,23,24). The maximum atomic E-state index is 13.9. The van der Waals surface area contributed by atoms with Crippen molar-refractivity contribution in [1.82, 2.24) is 4.90 Å². The molecule has 0 aromatic heterocycles. The third-order valence-electron chi connectivity index (χ3n) is 5.23. The predicted molar refractivity (Wildman–Crippen MR) is 85.0 cm³/mol. The third kappa shape index (κ3) is 3.38. The summed E-state index contributed by atoms with van der Waals surface area (Å²) in [4.78, 5) is 26.0. The number of carbonyl (C=O) groups is 2. The molecule has 1 aliphatic heterocycles. The maximum absolute atomic E-state index is 13.9. The van der Waals surface area contributed by atoms with E-state index >= 15 is 0 Å². The zero-order valence-corrected chi connectivity index (χ0v) is 14.0. The van der Waals surface area contributed by atoms with E-state index in [1.807, 2.05) is 0 Å². The molecular weight excluding hydrogens is 332 g/mol. The van der Waals surface area contributed by atoms with Gasteiger partial charge in [-0.25, -0.2) is 8.78 Å². The minimum Gasteiger partial charge on any atom is -0.481 e. The van der Waals surface area contributed by atoms with Crippen LogP contribution in [0.25, 0.3) is 0 Å². The number of ether oxygens (including phenoxy) is 1. The third-order valence-corrected chi connectivity index (χ3v) is 5.23. The Kier molecular flexibility index (Phi) is 4.77. The SMILES string of the molecule is COCC1(C(=O)O)CCCN(C(=O)C2CC2c2ccc(F)cc2F)C1. The van der Waals surface area contributed by atoms with Crippen LogP contribution in [0.1, 0.15) is 30.7 Å². The van der Waals surface area contributed by atoms with Crippen LogP contribution in [0, 0.1) is 23.0 Å². The van der Waals surface area contributed by atoms with Gasteiger partial charge >= 0.3 is 5.97 Å². The summed E-state index contributed by atoms with van der Waals surface area (Å²) in [5.41, 5.74) is -0.744. The number of piperidine rings is 1. The fourth-order valence-electron chi connectivity index (χ4n) is 3.80. The van der Waals surface area contributed by atoms with E-state index in [9.17, 15) is 23.5 Å². The van der Waals surface area contributed by atoms with Crippen molar-refractivity contribution in [2.75, 3.05) is 26.8 Å². The van der Waals surface area contributed by atoms with E-state index in [2.05, 4.69) is 0 Å². The number of hydrogen-bond donors (Lipinski definition) is 1. The van der Waals surface area contributed by atoms with Crippen molar-refractivity contribution in [3.05, 3.63) is 35.4 Å². The minimum absolute atomic E-state index is 0.0484. The molecule has 7 heteroatoms.